The number of carbonyl (C=O) groups excluding carboxylic acids is 1. The minimum atomic E-state index is -0.188. The zero-order chi connectivity index (χ0) is 12.7. The molecular weight excluding hydrogens is 218 g/mol. The number of amides is 1. The van der Waals surface area contributed by atoms with Crippen molar-refractivity contribution in [1.82, 2.24) is 10.3 Å². The number of nitrogens with one attached hydrogen (secondary N) is 1. The number of rotatable bonds is 6. The Balaban J connectivity index is 2.42. The topological polar surface area (TPSA) is 77.2 Å². The Hall–Kier alpha value is -1.62. The van der Waals surface area contributed by atoms with Gasteiger partial charge in [-0.15, -0.1) is 0 Å². The van der Waals surface area contributed by atoms with Crippen molar-refractivity contribution in [2.24, 2.45) is 0 Å². The Morgan fingerprint density at radius 3 is 3.00 bits per heavy atom. The summed E-state index contributed by atoms with van der Waals surface area (Å²) in [5, 5.41) is 2.78. The smallest absolute Gasteiger partial charge is 0.254 e. The standard InChI is InChI=1S/C12H19N3O2/c1-3-17-6-4-5-14-12(16)10-8-15-9(2)7-11(10)13/h7-8H,3-6H2,1-2H3,(H2,13,15)(H,14,16). The van der Waals surface area contributed by atoms with Gasteiger partial charge in [0.2, 0.25) is 0 Å². The third-order valence-corrected chi connectivity index (χ3v) is 2.27. The molecule has 1 rings (SSSR count). The van der Waals surface area contributed by atoms with Gasteiger partial charge in [0.15, 0.2) is 0 Å². The van der Waals surface area contributed by atoms with E-state index in [4.69, 9.17) is 10.5 Å². The van der Waals surface area contributed by atoms with Gasteiger partial charge in [-0.3, -0.25) is 9.78 Å². The van der Waals surface area contributed by atoms with E-state index < -0.39 is 0 Å². The Morgan fingerprint density at radius 1 is 1.59 bits per heavy atom. The van der Waals surface area contributed by atoms with Crippen molar-refractivity contribution in [3.05, 3.63) is 23.5 Å². The summed E-state index contributed by atoms with van der Waals surface area (Å²) in [4.78, 5) is 15.8. The number of pyridine rings is 1. The fourth-order valence-electron chi connectivity index (χ4n) is 1.39. The average Bonchev–Trinajstić information content (AvgIpc) is 2.28. The van der Waals surface area contributed by atoms with E-state index in [-0.39, 0.29) is 5.91 Å². The van der Waals surface area contributed by atoms with Gasteiger partial charge in [-0.2, -0.15) is 0 Å². The first-order valence-corrected chi connectivity index (χ1v) is 5.73. The number of ether oxygens (including phenoxy) is 1. The predicted octanol–water partition coefficient (Wildman–Crippen LogP) is 1.13. The van der Waals surface area contributed by atoms with E-state index in [1.54, 1.807) is 6.07 Å². The van der Waals surface area contributed by atoms with Gasteiger partial charge in [0, 0.05) is 37.3 Å². The van der Waals surface area contributed by atoms with Crippen LogP contribution >= 0.6 is 0 Å². The second-order valence-electron chi connectivity index (χ2n) is 3.72. The van der Waals surface area contributed by atoms with Crippen molar-refractivity contribution in [3.63, 3.8) is 0 Å². The van der Waals surface area contributed by atoms with Crippen LogP contribution in [0.5, 0.6) is 0 Å². The molecule has 5 nitrogen and oxygen atoms in total. The molecule has 0 unspecified atom stereocenters. The monoisotopic (exact) mass is 237 g/mol. The number of hydrogen-bond acceptors (Lipinski definition) is 4. The Bertz CT molecular complexity index is 380. The molecule has 0 fully saturated rings. The highest BCUT2D eigenvalue weighted by Gasteiger charge is 2.09. The van der Waals surface area contributed by atoms with Crippen molar-refractivity contribution in [1.29, 1.82) is 0 Å². The van der Waals surface area contributed by atoms with Crippen LogP contribution in [0.1, 0.15) is 29.4 Å². The molecule has 1 aromatic heterocycles. The first-order valence-electron chi connectivity index (χ1n) is 5.73. The molecule has 5 heteroatoms. The second kappa shape index (κ2) is 6.85. The van der Waals surface area contributed by atoms with Crippen LogP contribution in [0.15, 0.2) is 12.3 Å². The molecule has 0 aliphatic rings. The van der Waals surface area contributed by atoms with Crippen molar-refractivity contribution in [3.8, 4) is 0 Å². The highest BCUT2D eigenvalue weighted by molar-refractivity contribution is 5.98. The maximum absolute atomic E-state index is 11.7. The Morgan fingerprint density at radius 2 is 2.35 bits per heavy atom. The summed E-state index contributed by atoms with van der Waals surface area (Å²) in [5.74, 6) is -0.188. The van der Waals surface area contributed by atoms with E-state index in [0.717, 1.165) is 12.1 Å². The van der Waals surface area contributed by atoms with Gasteiger partial charge in [-0.05, 0) is 26.3 Å². The number of anilines is 1. The fraction of sp³-hybridized carbons (Fsp3) is 0.500. The lowest BCUT2D eigenvalue weighted by molar-refractivity contribution is 0.0945. The van der Waals surface area contributed by atoms with Crippen LogP contribution in [-0.2, 0) is 4.74 Å². The number of nitrogens with zero attached hydrogens (tertiary/aromatic N) is 1. The van der Waals surface area contributed by atoms with Crippen LogP contribution in [0.2, 0.25) is 0 Å². The maximum Gasteiger partial charge on any atom is 0.254 e. The summed E-state index contributed by atoms with van der Waals surface area (Å²) >= 11 is 0. The maximum atomic E-state index is 11.7. The largest absolute Gasteiger partial charge is 0.398 e. The Kier molecular flexibility index (Phi) is 5.42. The molecule has 0 spiro atoms. The normalized spacial score (nSPS) is 10.2. The average molecular weight is 237 g/mol. The summed E-state index contributed by atoms with van der Waals surface area (Å²) in [7, 11) is 0. The molecule has 0 aromatic carbocycles. The molecule has 94 valence electrons. The molecule has 0 bridgehead atoms. The molecule has 0 atom stereocenters. The van der Waals surface area contributed by atoms with Gasteiger partial charge in [0.1, 0.15) is 0 Å². The molecule has 0 aliphatic heterocycles. The quantitative estimate of drug-likeness (QED) is 0.727. The lowest BCUT2D eigenvalue weighted by atomic mass is 10.2. The van der Waals surface area contributed by atoms with Crippen molar-refractivity contribution in [2.75, 3.05) is 25.5 Å². The lowest BCUT2D eigenvalue weighted by Crippen LogP contribution is -2.26. The van der Waals surface area contributed by atoms with Crippen molar-refractivity contribution in [2.45, 2.75) is 20.3 Å². The van der Waals surface area contributed by atoms with Gasteiger partial charge in [-0.25, -0.2) is 0 Å². The van der Waals surface area contributed by atoms with Crippen LogP contribution in [0.3, 0.4) is 0 Å². The fourth-order valence-corrected chi connectivity index (χ4v) is 1.39. The summed E-state index contributed by atoms with van der Waals surface area (Å²) in [5.41, 5.74) is 7.43. The van der Waals surface area contributed by atoms with Crippen LogP contribution < -0.4 is 11.1 Å². The second-order valence-corrected chi connectivity index (χ2v) is 3.72. The van der Waals surface area contributed by atoms with E-state index in [2.05, 4.69) is 10.3 Å². The molecule has 0 saturated carbocycles. The molecule has 0 aliphatic carbocycles. The van der Waals surface area contributed by atoms with E-state index >= 15 is 0 Å². The summed E-state index contributed by atoms with van der Waals surface area (Å²) in [6.07, 6.45) is 2.29. The number of aryl methyl sites for hydroxylation is 1. The lowest BCUT2D eigenvalue weighted by Gasteiger charge is -2.07. The van der Waals surface area contributed by atoms with Crippen LogP contribution in [0.4, 0.5) is 5.69 Å². The van der Waals surface area contributed by atoms with Crippen LogP contribution in [0.25, 0.3) is 0 Å². The number of aromatic nitrogens is 1. The third-order valence-electron chi connectivity index (χ3n) is 2.27. The van der Waals surface area contributed by atoms with Gasteiger partial charge in [0.25, 0.3) is 5.91 Å². The van der Waals surface area contributed by atoms with Gasteiger partial charge in [0.05, 0.1) is 5.56 Å². The molecule has 17 heavy (non-hydrogen) atoms. The molecule has 3 N–H and O–H groups in total. The minimum absolute atomic E-state index is 0.188. The summed E-state index contributed by atoms with van der Waals surface area (Å²) in [6.45, 7) is 5.70. The zero-order valence-corrected chi connectivity index (χ0v) is 10.3. The first kappa shape index (κ1) is 13.4. The van der Waals surface area contributed by atoms with Crippen molar-refractivity contribution < 1.29 is 9.53 Å². The third kappa shape index (κ3) is 4.40. The van der Waals surface area contributed by atoms with Crippen molar-refractivity contribution >= 4 is 11.6 Å². The highest BCUT2D eigenvalue weighted by Crippen LogP contribution is 2.10. The number of nitrogens with two attached hydrogens (primary N) is 1. The summed E-state index contributed by atoms with van der Waals surface area (Å²) in [6, 6.07) is 1.69. The molecule has 1 aromatic rings. The van der Waals surface area contributed by atoms with E-state index in [9.17, 15) is 4.79 Å². The predicted molar refractivity (Wildman–Crippen MR) is 66.8 cm³/mol. The van der Waals surface area contributed by atoms with Crippen LogP contribution in [0, 0.1) is 6.92 Å². The van der Waals surface area contributed by atoms with Gasteiger partial charge >= 0.3 is 0 Å². The van der Waals surface area contributed by atoms with Gasteiger partial charge < -0.3 is 15.8 Å². The minimum Gasteiger partial charge on any atom is -0.398 e. The van der Waals surface area contributed by atoms with E-state index in [1.165, 1.54) is 6.20 Å². The molecule has 1 heterocycles. The Labute approximate surface area is 101 Å². The summed E-state index contributed by atoms with van der Waals surface area (Å²) < 4.78 is 5.17. The zero-order valence-electron chi connectivity index (χ0n) is 10.3. The SMILES string of the molecule is CCOCCCNC(=O)c1cnc(C)cc1N. The van der Waals surface area contributed by atoms with Crippen LogP contribution in [-0.4, -0.2) is 30.6 Å². The number of hydrogen-bond donors (Lipinski definition) is 2. The molecule has 1 amide bonds. The van der Waals surface area contributed by atoms with E-state index in [0.29, 0.717) is 31.0 Å². The number of carbonyl (C=O) groups is 1. The first-order chi connectivity index (χ1) is 8.15. The molecule has 0 radical (unpaired) electrons. The van der Waals surface area contributed by atoms with E-state index in [1.807, 2.05) is 13.8 Å². The molecule has 0 saturated heterocycles. The highest BCUT2D eigenvalue weighted by atomic mass is 16.5. The molecular formula is C12H19N3O2. The number of nitrogen functional groups attached to an aromatic ring is 1. The van der Waals surface area contributed by atoms with Gasteiger partial charge in [-0.1, -0.05) is 0 Å².